The molecule has 19 heavy (non-hydrogen) atoms. The van der Waals surface area contributed by atoms with Crippen molar-refractivity contribution in [1.82, 2.24) is 0 Å². The molecule has 0 aliphatic carbocycles. The van der Waals surface area contributed by atoms with Crippen molar-refractivity contribution in [2.75, 3.05) is 11.9 Å². The topological polar surface area (TPSA) is 32.3 Å². The van der Waals surface area contributed by atoms with Gasteiger partial charge in [0.1, 0.15) is 0 Å². The van der Waals surface area contributed by atoms with Crippen molar-refractivity contribution in [3.8, 4) is 0 Å². The standard InChI is InChI=1S/C15H15BrClNO/c1-10-2-7-13(8-14(10)16)18-9-15(19)11-3-5-12(17)6-4-11/h2-8,15,18-19H,9H2,1H3. The molecule has 0 aromatic heterocycles. The Hall–Kier alpha value is -1.03. The van der Waals surface area contributed by atoms with E-state index in [0.29, 0.717) is 11.6 Å². The number of anilines is 1. The van der Waals surface area contributed by atoms with Crippen LogP contribution in [0.1, 0.15) is 17.2 Å². The summed E-state index contributed by atoms with van der Waals surface area (Å²) in [4.78, 5) is 0. The summed E-state index contributed by atoms with van der Waals surface area (Å²) in [5.41, 5.74) is 3.01. The van der Waals surface area contributed by atoms with Gasteiger partial charge in [-0.2, -0.15) is 0 Å². The monoisotopic (exact) mass is 339 g/mol. The van der Waals surface area contributed by atoms with Crippen molar-refractivity contribution in [3.05, 3.63) is 63.1 Å². The van der Waals surface area contributed by atoms with Gasteiger partial charge in [-0.1, -0.05) is 45.7 Å². The molecule has 0 aliphatic rings. The Labute approximate surface area is 126 Å². The summed E-state index contributed by atoms with van der Waals surface area (Å²) in [5, 5.41) is 14.0. The van der Waals surface area contributed by atoms with Gasteiger partial charge in [0.2, 0.25) is 0 Å². The fourth-order valence-electron chi connectivity index (χ4n) is 1.72. The molecule has 0 saturated carbocycles. The summed E-state index contributed by atoms with van der Waals surface area (Å²) in [6, 6.07) is 13.3. The van der Waals surface area contributed by atoms with Crippen molar-refractivity contribution < 1.29 is 5.11 Å². The molecular weight excluding hydrogens is 326 g/mol. The molecule has 0 heterocycles. The molecule has 2 N–H and O–H groups in total. The molecule has 0 radical (unpaired) electrons. The lowest BCUT2D eigenvalue weighted by Gasteiger charge is -2.14. The maximum atomic E-state index is 10.1. The van der Waals surface area contributed by atoms with E-state index in [1.54, 1.807) is 12.1 Å². The zero-order valence-electron chi connectivity index (χ0n) is 10.5. The Morgan fingerprint density at radius 1 is 1.21 bits per heavy atom. The van der Waals surface area contributed by atoms with Crippen molar-refractivity contribution in [3.63, 3.8) is 0 Å². The van der Waals surface area contributed by atoms with Crippen LogP contribution in [0.25, 0.3) is 0 Å². The zero-order valence-corrected chi connectivity index (χ0v) is 12.9. The molecule has 2 rings (SSSR count). The fraction of sp³-hybridized carbons (Fsp3) is 0.200. The highest BCUT2D eigenvalue weighted by atomic mass is 79.9. The van der Waals surface area contributed by atoms with Crippen molar-refractivity contribution in [1.29, 1.82) is 0 Å². The van der Waals surface area contributed by atoms with Crippen LogP contribution in [0, 0.1) is 6.92 Å². The average Bonchev–Trinajstić information content (AvgIpc) is 2.40. The fourth-order valence-corrected chi connectivity index (χ4v) is 2.22. The lowest BCUT2D eigenvalue weighted by Crippen LogP contribution is -2.12. The molecule has 1 unspecified atom stereocenters. The minimum atomic E-state index is -0.558. The van der Waals surface area contributed by atoms with Gasteiger partial charge in [0, 0.05) is 21.7 Å². The smallest absolute Gasteiger partial charge is 0.0962 e. The van der Waals surface area contributed by atoms with E-state index in [4.69, 9.17) is 11.6 Å². The molecule has 2 nitrogen and oxygen atoms in total. The number of rotatable bonds is 4. The normalized spacial score (nSPS) is 12.2. The maximum Gasteiger partial charge on any atom is 0.0962 e. The molecule has 2 aromatic carbocycles. The van der Waals surface area contributed by atoms with E-state index in [9.17, 15) is 5.11 Å². The second kappa shape index (κ2) is 6.42. The molecule has 0 spiro atoms. The van der Waals surface area contributed by atoms with Crippen LogP contribution in [0.2, 0.25) is 5.02 Å². The highest BCUT2D eigenvalue weighted by Gasteiger charge is 2.07. The Bertz CT molecular complexity index is 557. The van der Waals surface area contributed by atoms with Crippen LogP contribution < -0.4 is 5.32 Å². The summed E-state index contributed by atoms with van der Waals surface area (Å²) < 4.78 is 1.05. The van der Waals surface area contributed by atoms with E-state index in [2.05, 4.69) is 21.2 Å². The SMILES string of the molecule is Cc1ccc(NCC(O)c2ccc(Cl)cc2)cc1Br. The molecule has 0 fully saturated rings. The quantitative estimate of drug-likeness (QED) is 0.855. The summed E-state index contributed by atoms with van der Waals surface area (Å²) in [7, 11) is 0. The van der Waals surface area contributed by atoms with Crippen LogP contribution in [0.15, 0.2) is 46.9 Å². The number of hydrogen-bond donors (Lipinski definition) is 2. The second-order valence-electron chi connectivity index (χ2n) is 4.41. The number of nitrogens with one attached hydrogen (secondary N) is 1. The molecule has 1 atom stereocenters. The molecule has 4 heteroatoms. The molecule has 0 amide bonds. The first-order valence-electron chi connectivity index (χ1n) is 6.00. The lowest BCUT2D eigenvalue weighted by molar-refractivity contribution is 0.191. The van der Waals surface area contributed by atoms with Crippen LogP contribution in [0.3, 0.4) is 0 Å². The van der Waals surface area contributed by atoms with Gasteiger partial charge >= 0.3 is 0 Å². The molecule has 100 valence electrons. The summed E-state index contributed by atoms with van der Waals surface area (Å²) in [6.07, 6.45) is -0.558. The summed E-state index contributed by atoms with van der Waals surface area (Å²) in [5.74, 6) is 0. The third kappa shape index (κ3) is 3.96. The Balaban J connectivity index is 1.98. The first-order valence-corrected chi connectivity index (χ1v) is 7.17. The maximum absolute atomic E-state index is 10.1. The molecule has 0 aliphatic heterocycles. The molecule has 2 aromatic rings. The zero-order chi connectivity index (χ0) is 13.8. The van der Waals surface area contributed by atoms with E-state index in [1.807, 2.05) is 37.3 Å². The molecular formula is C15H15BrClNO. The van der Waals surface area contributed by atoms with Crippen LogP contribution in [-0.4, -0.2) is 11.7 Å². The minimum absolute atomic E-state index is 0.455. The van der Waals surface area contributed by atoms with Crippen molar-refractivity contribution >= 4 is 33.2 Å². The number of halogens is 2. The van der Waals surface area contributed by atoms with Crippen LogP contribution >= 0.6 is 27.5 Å². The number of benzene rings is 2. The van der Waals surface area contributed by atoms with Gasteiger partial charge in [-0.05, 0) is 42.3 Å². The van der Waals surface area contributed by atoms with E-state index in [0.717, 1.165) is 15.7 Å². The van der Waals surface area contributed by atoms with Crippen molar-refractivity contribution in [2.45, 2.75) is 13.0 Å². The van der Waals surface area contributed by atoms with Gasteiger partial charge in [-0.25, -0.2) is 0 Å². The predicted octanol–water partition coefficient (Wildman–Crippen LogP) is 4.56. The Morgan fingerprint density at radius 3 is 2.53 bits per heavy atom. The van der Waals surface area contributed by atoms with Gasteiger partial charge in [0.05, 0.1) is 6.10 Å². The van der Waals surface area contributed by atoms with Gasteiger partial charge in [-0.3, -0.25) is 0 Å². The predicted molar refractivity (Wildman–Crippen MR) is 83.8 cm³/mol. The Kier molecular flexibility index (Phi) is 4.86. The first kappa shape index (κ1) is 14.4. The highest BCUT2D eigenvalue weighted by Crippen LogP contribution is 2.22. The molecule has 0 saturated heterocycles. The highest BCUT2D eigenvalue weighted by molar-refractivity contribution is 9.10. The molecule has 0 bridgehead atoms. The van der Waals surface area contributed by atoms with Crippen LogP contribution in [0.5, 0.6) is 0 Å². The lowest BCUT2D eigenvalue weighted by atomic mass is 10.1. The van der Waals surface area contributed by atoms with Gasteiger partial charge < -0.3 is 10.4 Å². The van der Waals surface area contributed by atoms with Gasteiger partial charge in [0.15, 0.2) is 0 Å². The number of aliphatic hydroxyl groups is 1. The minimum Gasteiger partial charge on any atom is -0.387 e. The van der Waals surface area contributed by atoms with Crippen LogP contribution in [0.4, 0.5) is 5.69 Å². The summed E-state index contributed by atoms with van der Waals surface area (Å²) >= 11 is 9.31. The first-order chi connectivity index (χ1) is 9.06. The third-order valence-electron chi connectivity index (χ3n) is 2.93. The number of aliphatic hydroxyl groups excluding tert-OH is 1. The van der Waals surface area contributed by atoms with Gasteiger partial charge in [0.25, 0.3) is 0 Å². The van der Waals surface area contributed by atoms with E-state index in [1.165, 1.54) is 5.56 Å². The van der Waals surface area contributed by atoms with E-state index < -0.39 is 6.10 Å². The van der Waals surface area contributed by atoms with E-state index in [-0.39, 0.29) is 0 Å². The summed E-state index contributed by atoms with van der Waals surface area (Å²) in [6.45, 7) is 2.49. The number of hydrogen-bond acceptors (Lipinski definition) is 2. The van der Waals surface area contributed by atoms with Crippen LogP contribution in [-0.2, 0) is 0 Å². The van der Waals surface area contributed by atoms with E-state index >= 15 is 0 Å². The largest absolute Gasteiger partial charge is 0.387 e. The third-order valence-corrected chi connectivity index (χ3v) is 4.03. The number of aryl methyl sites for hydroxylation is 1. The van der Waals surface area contributed by atoms with Gasteiger partial charge in [-0.15, -0.1) is 0 Å². The Morgan fingerprint density at radius 2 is 1.89 bits per heavy atom. The average molecular weight is 341 g/mol. The van der Waals surface area contributed by atoms with Crippen molar-refractivity contribution in [2.24, 2.45) is 0 Å². The second-order valence-corrected chi connectivity index (χ2v) is 5.70.